The first-order valence-electron chi connectivity index (χ1n) is 6.46. The number of hydrogen-bond donors (Lipinski definition) is 1. The average molecular weight is 341 g/mol. The van der Waals surface area contributed by atoms with Gasteiger partial charge >= 0.3 is 15.6 Å². The molecule has 10 heteroatoms. The second kappa shape index (κ2) is 5.92. The third kappa shape index (κ3) is 3.27. The Balaban J connectivity index is 2.53. The van der Waals surface area contributed by atoms with Crippen LogP contribution in [0.15, 0.2) is 16.4 Å². The lowest BCUT2D eigenvalue weighted by molar-refractivity contribution is -0.0510. The van der Waals surface area contributed by atoms with E-state index in [1.54, 1.807) is 0 Å². The van der Waals surface area contributed by atoms with Crippen molar-refractivity contribution in [1.29, 1.82) is 0 Å². The van der Waals surface area contributed by atoms with E-state index in [-0.39, 0.29) is 23.4 Å². The zero-order valence-electron chi connectivity index (χ0n) is 11.6. The summed E-state index contributed by atoms with van der Waals surface area (Å²) < 4.78 is 69.5. The van der Waals surface area contributed by atoms with E-state index in [2.05, 4.69) is 9.17 Å². The monoisotopic (exact) mass is 341 g/mol. The molecule has 22 heavy (non-hydrogen) atoms. The molecule has 1 fully saturated rings. The molecule has 1 aliphatic carbocycles. The zero-order valence-corrected chi connectivity index (χ0v) is 12.4. The SMILES string of the molecule is Cc1ncoc1C(OS(=O)(=O)C(F)(F)F)=C1CCCCC1O. The van der Waals surface area contributed by atoms with Gasteiger partial charge in [0.15, 0.2) is 17.9 Å². The first-order chi connectivity index (χ1) is 10.1. The van der Waals surface area contributed by atoms with Gasteiger partial charge in [-0.2, -0.15) is 21.6 Å². The smallest absolute Gasteiger partial charge is 0.440 e. The molecule has 0 radical (unpaired) electrons. The van der Waals surface area contributed by atoms with E-state index >= 15 is 0 Å². The third-order valence-electron chi connectivity index (χ3n) is 3.30. The van der Waals surface area contributed by atoms with Crippen molar-refractivity contribution in [3.63, 3.8) is 0 Å². The number of aryl methyl sites for hydroxylation is 1. The Labute approximate surface area is 124 Å². The van der Waals surface area contributed by atoms with Crippen LogP contribution < -0.4 is 0 Å². The van der Waals surface area contributed by atoms with Crippen molar-refractivity contribution in [2.45, 2.75) is 44.2 Å². The lowest BCUT2D eigenvalue weighted by Gasteiger charge is -2.23. The summed E-state index contributed by atoms with van der Waals surface area (Å²) in [5, 5.41) is 9.95. The van der Waals surface area contributed by atoms with Crippen LogP contribution in [0.1, 0.15) is 37.1 Å². The minimum Gasteiger partial charge on any atom is -0.440 e. The van der Waals surface area contributed by atoms with Gasteiger partial charge in [0.1, 0.15) is 0 Å². The van der Waals surface area contributed by atoms with Crippen LogP contribution >= 0.6 is 0 Å². The highest BCUT2D eigenvalue weighted by Gasteiger charge is 2.49. The maximum absolute atomic E-state index is 12.6. The Morgan fingerprint density at radius 2 is 2.14 bits per heavy atom. The summed E-state index contributed by atoms with van der Waals surface area (Å²) >= 11 is 0. The van der Waals surface area contributed by atoms with Gasteiger partial charge in [-0.25, -0.2) is 4.98 Å². The maximum Gasteiger partial charge on any atom is 0.534 e. The summed E-state index contributed by atoms with van der Waals surface area (Å²) in [6, 6.07) is 0. The van der Waals surface area contributed by atoms with Crippen LogP contribution in [0.3, 0.4) is 0 Å². The number of hydrogen-bond acceptors (Lipinski definition) is 6. The number of rotatable bonds is 3. The Morgan fingerprint density at radius 3 is 2.64 bits per heavy atom. The second-order valence-corrected chi connectivity index (χ2v) is 6.40. The Hall–Kier alpha value is -1.55. The molecule has 1 N–H and O–H groups in total. The highest BCUT2D eigenvalue weighted by Crippen LogP contribution is 2.36. The van der Waals surface area contributed by atoms with E-state index in [4.69, 9.17) is 4.42 Å². The van der Waals surface area contributed by atoms with Crippen molar-refractivity contribution < 1.29 is 35.3 Å². The Bertz CT molecular complexity index is 677. The number of aliphatic hydroxyl groups is 1. The van der Waals surface area contributed by atoms with E-state index in [9.17, 15) is 26.7 Å². The van der Waals surface area contributed by atoms with Crippen molar-refractivity contribution in [2.75, 3.05) is 0 Å². The van der Waals surface area contributed by atoms with Gasteiger partial charge < -0.3 is 13.7 Å². The van der Waals surface area contributed by atoms with E-state index in [1.807, 2.05) is 0 Å². The molecule has 0 amide bonds. The third-order valence-corrected chi connectivity index (χ3v) is 4.25. The summed E-state index contributed by atoms with van der Waals surface area (Å²) in [5.41, 5.74) is -5.34. The minimum absolute atomic E-state index is 0.0684. The van der Waals surface area contributed by atoms with Crippen LogP contribution in [0.2, 0.25) is 0 Å². The van der Waals surface area contributed by atoms with Gasteiger partial charge in [0, 0.05) is 5.57 Å². The highest BCUT2D eigenvalue weighted by molar-refractivity contribution is 7.87. The molecule has 1 aromatic rings. The molecule has 1 aliphatic rings. The summed E-state index contributed by atoms with van der Waals surface area (Å²) in [6.07, 6.45) is 1.67. The Kier molecular flexibility index (Phi) is 4.52. The molecule has 0 spiro atoms. The van der Waals surface area contributed by atoms with Crippen LogP contribution in [0.4, 0.5) is 13.2 Å². The van der Waals surface area contributed by atoms with Gasteiger partial charge in [0.2, 0.25) is 0 Å². The largest absolute Gasteiger partial charge is 0.534 e. The van der Waals surface area contributed by atoms with E-state index in [0.29, 0.717) is 19.3 Å². The molecule has 124 valence electrons. The summed E-state index contributed by atoms with van der Waals surface area (Å²) in [4.78, 5) is 3.71. The number of oxazole rings is 1. The van der Waals surface area contributed by atoms with Gasteiger partial charge in [0.05, 0.1) is 11.8 Å². The van der Waals surface area contributed by atoms with Gasteiger partial charge in [-0.1, -0.05) is 6.42 Å². The van der Waals surface area contributed by atoms with Crippen molar-refractivity contribution >= 4 is 15.9 Å². The van der Waals surface area contributed by atoms with Crippen molar-refractivity contribution in [1.82, 2.24) is 4.98 Å². The number of aromatic nitrogens is 1. The van der Waals surface area contributed by atoms with Gasteiger partial charge in [-0.05, 0) is 26.2 Å². The fourth-order valence-electron chi connectivity index (χ4n) is 2.17. The molecule has 0 bridgehead atoms. The molecule has 1 unspecified atom stereocenters. The molecule has 1 saturated carbocycles. The van der Waals surface area contributed by atoms with E-state index in [0.717, 1.165) is 6.39 Å². The lowest BCUT2D eigenvalue weighted by Crippen LogP contribution is -2.27. The maximum atomic E-state index is 12.6. The highest BCUT2D eigenvalue weighted by atomic mass is 32.2. The van der Waals surface area contributed by atoms with Crippen LogP contribution in [0, 0.1) is 6.92 Å². The number of alkyl halides is 3. The molecule has 6 nitrogen and oxygen atoms in total. The van der Waals surface area contributed by atoms with Crippen molar-refractivity contribution in [3.05, 3.63) is 23.4 Å². The first-order valence-corrected chi connectivity index (χ1v) is 7.86. The zero-order chi connectivity index (χ0) is 16.5. The molecular weight excluding hydrogens is 327 g/mol. The lowest BCUT2D eigenvalue weighted by atomic mass is 9.90. The fourth-order valence-corrected chi connectivity index (χ4v) is 2.67. The molecule has 0 aliphatic heterocycles. The van der Waals surface area contributed by atoms with Crippen LogP contribution in [-0.4, -0.2) is 30.1 Å². The Morgan fingerprint density at radius 1 is 1.45 bits per heavy atom. The number of halogens is 3. The van der Waals surface area contributed by atoms with Gasteiger partial charge in [-0.3, -0.25) is 0 Å². The van der Waals surface area contributed by atoms with E-state index < -0.39 is 27.5 Å². The molecule has 1 heterocycles. The molecule has 0 saturated heterocycles. The van der Waals surface area contributed by atoms with Gasteiger partial charge in [0.25, 0.3) is 0 Å². The molecule has 2 rings (SSSR count). The predicted octanol–water partition coefficient (Wildman–Crippen LogP) is 2.50. The normalized spacial score (nSPS) is 22.5. The van der Waals surface area contributed by atoms with E-state index in [1.165, 1.54) is 6.92 Å². The minimum atomic E-state index is -5.87. The molecule has 0 aromatic carbocycles. The fraction of sp³-hybridized carbons (Fsp3) is 0.583. The first kappa shape index (κ1) is 16.8. The van der Waals surface area contributed by atoms with Gasteiger partial charge in [-0.15, -0.1) is 0 Å². The number of aliphatic hydroxyl groups excluding tert-OH is 1. The predicted molar refractivity (Wildman–Crippen MR) is 68.7 cm³/mol. The van der Waals surface area contributed by atoms with Crippen LogP contribution in [0.5, 0.6) is 0 Å². The summed E-state index contributed by atoms with van der Waals surface area (Å²) in [6.45, 7) is 1.43. The van der Waals surface area contributed by atoms with Crippen molar-refractivity contribution in [3.8, 4) is 0 Å². The molecular formula is C12H14F3NO5S. The molecule has 1 aromatic heterocycles. The van der Waals surface area contributed by atoms with Crippen molar-refractivity contribution in [2.24, 2.45) is 0 Å². The van der Waals surface area contributed by atoms with Crippen LogP contribution in [0.25, 0.3) is 5.76 Å². The summed E-state index contributed by atoms with van der Waals surface area (Å²) in [7, 11) is -5.87. The molecule has 1 atom stereocenters. The number of nitrogens with zero attached hydrogens (tertiary/aromatic N) is 1. The topological polar surface area (TPSA) is 89.6 Å². The second-order valence-electron chi connectivity index (χ2n) is 4.87. The standard InChI is InChI=1S/C12H14F3NO5S/c1-7-10(20-6-16-7)11(8-4-2-3-5-9(8)17)21-22(18,19)12(13,14)15/h6,9,17H,2-5H2,1H3. The summed E-state index contributed by atoms with van der Waals surface area (Å²) in [5.74, 6) is -0.858. The van der Waals surface area contributed by atoms with Crippen LogP contribution in [-0.2, 0) is 14.3 Å². The average Bonchev–Trinajstić information content (AvgIpc) is 2.82. The quantitative estimate of drug-likeness (QED) is 0.516.